The summed E-state index contributed by atoms with van der Waals surface area (Å²) in [7, 11) is 2.01. The van der Waals surface area contributed by atoms with Crippen molar-refractivity contribution in [2.75, 3.05) is 7.05 Å². The Bertz CT molecular complexity index is 575. The molecule has 0 aliphatic heterocycles. The molecule has 0 fully saturated rings. The lowest BCUT2D eigenvalue weighted by Gasteiger charge is -2.20. The maximum absolute atomic E-state index is 3.56. The van der Waals surface area contributed by atoms with Crippen molar-refractivity contribution in [1.29, 1.82) is 0 Å². The third-order valence-corrected chi connectivity index (χ3v) is 4.61. The van der Waals surface area contributed by atoms with Gasteiger partial charge in [0.15, 0.2) is 0 Å². The third kappa shape index (κ3) is 3.58. The van der Waals surface area contributed by atoms with Crippen LogP contribution in [-0.2, 0) is 0 Å². The molecule has 0 bridgehead atoms. The van der Waals surface area contributed by atoms with E-state index < -0.39 is 0 Å². The quantitative estimate of drug-likeness (QED) is 0.678. The average Bonchev–Trinajstić information content (AvgIpc) is 2.33. The summed E-state index contributed by atoms with van der Waals surface area (Å²) < 4.78 is 2.40. The van der Waals surface area contributed by atoms with Crippen LogP contribution in [0.5, 0.6) is 0 Å². The van der Waals surface area contributed by atoms with Crippen LogP contribution in [0.2, 0.25) is 0 Å². The summed E-state index contributed by atoms with van der Waals surface area (Å²) in [6.07, 6.45) is 0. The standard InChI is InChI=1S/C16H17BrIN/c1-10-6-11(2)8-12(7-10)16(19-3)14-9-13(17)4-5-15(14)18/h4-9,16,19H,1-3H3. The van der Waals surface area contributed by atoms with Gasteiger partial charge in [0, 0.05) is 8.04 Å². The SMILES string of the molecule is CNC(c1cc(C)cc(C)c1)c1cc(Br)ccc1I. The molecule has 2 aromatic carbocycles. The van der Waals surface area contributed by atoms with Crippen LogP contribution in [0.15, 0.2) is 40.9 Å². The Balaban J connectivity index is 2.52. The largest absolute Gasteiger partial charge is 0.309 e. The topological polar surface area (TPSA) is 12.0 Å². The van der Waals surface area contributed by atoms with Crippen LogP contribution in [0.1, 0.15) is 28.3 Å². The summed E-state index contributed by atoms with van der Waals surface area (Å²) in [5, 5.41) is 3.43. The molecule has 1 unspecified atom stereocenters. The molecular weight excluding hydrogens is 413 g/mol. The van der Waals surface area contributed by atoms with Crippen molar-refractivity contribution in [2.24, 2.45) is 0 Å². The van der Waals surface area contributed by atoms with Gasteiger partial charge in [-0.3, -0.25) is 0 Å². The second-order valence-corrected chi connectivity index (χ2v) is 6.89. The molecule has 3 heteroatoms. The molecule has 0 amide bonds. The zero-order valence-corrected chi connectivity index (χ0v) is 15.0. The predicted octanol–water partition coefficient (Wildman–Crippen LogP) is 4.98. The van der Waals surface area contributed by atoms with E-state index in [4.69, 9.17) is 0 Å². The summed E-state index contributed by atoms with van der Waals surface area (Å²) in [6.45, 7) is 4.30. The summed E-state index contributed by atoms with van der Waals surface area (Å²) >= 11 is 5.96. The number of hydrogen-bond donors (Lipinski definition) is 1. The Morgan fingerprint density at radius 3 is 2.26 bits per heavy atom. The fourth-order valence-corrected chi connectivity index (χ4v) is 3.44. The van der Waals surface area contributed by atoms with Gasteiger partial charge in [-0.15, -0.1) is 0 Å². The van der Waals surface area contributed by atoms with E-state index in [1.165, 1.54) is 25.8 Å². The van der Waals surface area contributed by atoms with E-state index in [-0.39, 0.29) is 6.04 Å². The number of rotatable bonds is 3. The smallest absolute Gasteiger partial charge is 0.0585 e. The van der Waals surface area contributed by atoms with Crippen LogP contribution in [0.25, 0.3) is 0 Å². The maximum Gasteiger partial charge on any atom is 0.0585 e. The highest BCUT2D eigenvalue weighted by atomic mass is 127. The Morgan fingerprint density at radius 2 is 1.68 bits per heavy atom. The van der Waals surface area contributed by atoms with Crippen LogP contribution < -0.4 is 5.32 Å². The van der Waals surface area contributed by atoms with Crippen molar-refractivity contribution < 1.29 is 0 Å². The molecule has 0 heterocycles. The number of hydrogen-bond acceptors (Lipinski definition) is 1. The summed E-state index contributed by atoms with van der Waals surface area (Å²) in [5.74, 6) is 0. The first-order valence-corrected chi connectivity index (χ1v) is 8.09. The molecule has 1 N–H and O–H groups in total. The summed E-state index contributed by atoms with van der Waals surface area (Å²) in [6, 6.07) is 13.4. The first-order chi connectivity index (χ1) is 9.01. The average molecular weight is 430 g/mol. The minimum atomic E-state index is 0.225. The highest BCUT2D eigenvalue weighted by Gasteiger charge is 2.15. The van der Waals surface area contributed by atoms with Crippen molar-refractivity contribution in [3.8, 4) is 0 Å². The molecule has 19 heavy (non-hydrogen) atoms. The lowest BCUT2D eigenvalue weighted by molar-refractivity contribution is 0.687. The Hall–Kier alpha value is -0.390. The first-order valence-electron chi connectivity index (χ1n) is 6.21. The maximum atomic E-state index is 3.56. The summed E-state index contributed by atoms with van der Waals surface area (Å²) in [4.78, 5) is 0. The molecule has 2 aromatic rings. The molecule has 100 valence electrons. The van der Waals surface area contributed by atoms with Crippen LogP contribution in [0.4, 0.5) is 0 Å². The third-order valence-electron chi connectivity index (χ3n) is 3.14. The molecule has 0 radical (unpaired) electrons. The van der Waals surface area contributed by atoms with Gasteiger partial charge in [-0.2, -0.15) is 0 Å². The molecule has 2 rings (SSSR count). The zero-order valence-electron chi connectivity index (χ0n) is 11.3. The monoisotopic (exact) mass is 429 g/mol. The lowest BCUT2D eigenvalue weighted by Crippen LogP contribution is -2.19. The second kappa shape index (κ2) is 6.37. The van der Waals surface area contributed by atoms with Crippen molar-refractivity contribution >= 4 is 38.5 Å². The minimum Gasteiger partial charge on any atom is -0.309 e. The van der Waals surface area contributed by atoms with Crippen molar-refractivity contribution in [1.82, 2.24) is 5.32 Å². The van der Waals surface area contributed by atoms with Gasteiger partial charge in [0.1, 0.15) is 0 Å². The fourth-order valence-electron chi connectivity index (χ4n) is 2.41. The van der Waals surface area contributed by atoms with Gasteiger partial charge in [0.25, 0.3) is 0 Å². The second-order valence-electron chi connectivity index (χ2n) is 4.81. The lowest BCUT2D eigenvalue weighted by atomic mass is 9.96. The minimum absolute atomic E-state index is 0.225. The van der Waals surface area contributed by atoms with E-state index >= 15 is 0 Å². The van der Waals surface area contributed by atoms with Gasteiger partial charge in [0.2, 0.25) is 0 Å². The highest BCUT2D eigenvalue weighted by molar-refractivity contribution is 14.1. The van der Waals surface area contributed by atoms with Gasteiger partial charge >= 0.3 is 0 Å². The van der Waals surface area contributed by atoms with Crippen molar-refractivity contribution in [2.45, 2.75) is 19.9 Å². The van der Waals surface area contributed by atoms with Crippen LogP contribution >= 0.6 is 38.5 Å². The Kier molecular flexibility index (Phi) is 5.03. The molecular formula is C16H17BrIN. The Morgan fingerprint density at radius 1 is 1.05 bits per heavy atom. The van der Waals surface area contributed by atoms with Gasteiger partial charge in [0.05, 0.1) is 6.04 Å². The molecule has 0 saturated carbocycles. The van der Waals surface area contributed by atoms with E-state index in [1.54, 1.807) is 0 Å². The molecule has 1 nitrogen and oxygen atoms in total. The summed E-state index contributed by atoms with van der Waals surface area (Å²) in [5.41, 5.74) is 5.24. The normalized spacial score (nSPS) is 12.5. The Labute approximate surface area is 137 Å². The number of halogens is 2. The molecule has 0 aliphatic carbocycles. The van der Waals surface area contributed by atoms with Crippen LogP contribution in [-0.4, -0.2) is 7.05 Å². The number of benzene rings is 2. The van der Waals surface area contributed by atoms with Crippen LogP contribution in [0, 0.1) is 17.4 Å². The molecule has 0 aromatic heterocycles. The predicted molar refractivity (Wildman–Crippen MR) is 93.7 cm³/mol. The zero-order chi connectivity index (χ0) is 14.0. The van der Waals surface area contributed by atoms with Crippen molar-refractivity contribution in [3.63, 3.8) is 0 Å². The first kappa shape index (κ1) is 15.0. The number of nitrogens with one attached hydrogen (secondary N) is 1. The van der Waals surface area contributed by atoms with E-state index in [1.807, 2.05) is 7.05 Å². The van der Waals surface area contributed by atoms with E-state index in [2.05, 4.69) is 94.1 Å². The van der Waals surface area contributed by atoms with Gasteiger partial charge in [-0.05, 0) is 72.8 Å². The highest BCUT2D eigenvalue weighted by Crippen LogP contribution is 2.29. The molecule has 0 spiro atoms. The van der Waals surface area contributed by atoms with Crippen molar-refractivity contribution in [3.05, 3.63) is 66.7 Å². The van der Waals surface area contributed by atoms with Crippen LogP contribution in [0.3, 0.4) is 0 Å². The molecule has 0 saturated heterocycles. The number of aryl methyl sites for hydroxylation is 2. The fraction of sp³-hybridized carbons (Fsp3) is 0.250. The molecule has 1 atom stereocenters. The van der Waals surface area contributed by atoms with E-state index in [9.17, 15) is 0 Å². The van der Waals surface area contributed by atoms with E-state index in [0.717, 1.165) is 4.47 Å². The molecule has 0 aliphatic rings. The van der Waals surface area contributed by atoms with Gasteiger partial charge in [-0.1, -0.05) is 45.3 Å². The van der Waals surface area contributed by atoms with Gasteiger partial charge < -0.3 is 5.32 Å². The van der Waals surface area contributed by atoms with Gasteiger partial charge in [-0.25, -0.2) is 0 Å². The van der Waals surface area contributed by atoms with E-state index in [0.29, 0.717) is 0 Å².